The number of hydrogen-bond donors (Lipinski definition) is 0. The van der Waals surface area contributed by atoms with Crippen molar-refractivity contribution in [3.8, 4) is 0 Å². The first kappa shape index (κ1) is 23.9. The molecule has 2 bridgehead atoms. The molecule has 182 valence electrons. The van der Waals surface area contributed by atoms with E-state index in [9.17, 15) is 19.2 Å². The maximum atomic E-state index is 13.9. The zero-order chi connectivity index (χ0) is 24.3. The Morgan fingerprint density at radius 3 is 2.39 bits per heavy atom. The molecule has 4 aliphatic rings. The van der Waals surface area contributed by atoms with E-state index in [-0.39, 0.29) is 43.7 Å². The number of ether oxygens (including phenoxy) is 5. The zero-order valence-electron chi connectivity index (χ0n) is 20.0. The molecule has 1 saturated carbocycles. The Balaban J connectivity index is 1.78. The Morgan fingerprint density at radius 2 is 1.85 bits per heavy atom. The van der Waals surface area contributed by atoms with E-state index < -0.39 is 52.8 Å². The van der Waals surface area contributed by atoms with E-state index in [1.165, 1.54) is 13.8 Å². The second kappa shape index (κ2) is 7.91. The lowest BCUT2D eigenvalue weighted by molar-refractivity contribution is -0.229. The second-order valence-electron chi connectivity index (χ2n) is 10.3. The van der Waals surface area contributed by atoms with Gasteiger partial charge in [-0.05, 0) is 25.3 Å². The summed E-state index contributed by atoms with van der Waals surface area (Å²) in [7, 11) is 0. The molecule has 3 fully saturated rings. The van der Waals surface area contributed by atoms with Crippen molar-refractivity contribution in [2.24, 2.45) is 16.7 Å². The zero-order valence-corrected chi connectivity index (χ0v) is 20.0. The average Bonchev–Trinajstić information content (AvgIpc) is 3.48. The largest absolute Gasteiger partial charge is 0.465 e. The molecule has 0 N–H and O–H groups in total. The molecular weight excluding hydrogens is 432 g/mol. The molecule has 7 atom stereocenters. The summed E-state index contributed by atoms with van der Waals surface area (Å²) in [6, 6.07) is 0. The van der Waals surface area contributed by atoms with Gasteiger partial charge in [-0.3, -0.25) is 19.2 Å². The fourth-order valence-electron chi connectivity index (χ4n) is 5.95. The lowest BCUT2D eigenvalue weighted by Crippen LogP contribution is -2.67. The van der Waals surface area contributed by atoms with Gasteiger partial charge in [-0.1, -0.05) is 19.9 Å². The normalized spacial score (nSPS) is 40.8. The summed E-state index contributed by atoms with van der Waals surface area (Å²) in [5.41, 5.74) is -2.46. The summed E-state index contributed by atoms with van der Waals surface area (Å²) < 4.78 is 29.0. The van der Waals surface area contributed by atoms with Gasteiger partial charge in [0.05, 0.1) is 23.5 Å². The minimum atomic E-state index is -1.19. The van der Waals surface area contributed by atoms with Gasteiger partial charge in [-0.2, -0.15) is 0 Å². The number of esters is 3. The number of hydrogen-bond acceptors (Lipinski definition) is 9. The molecule has 0 radical (unpaired) electrons. The number of rotatable bonds is 6. The average molecular weight is 465 g/mol. The third-order valence-electron chi connectivity index (χ3n) is 7.77. The molecule has 0 aromatic rings. The molecule has 2 aliphatic heterocycles. The van der Waals surface area contributed by atoms with Crippen LogP contribution in [0.25, 0.3) is 0 Å². The summed E-state index contributed by atoms with van der Waals surface area (Å²) in [6.07, 6.45) is -0.805. The van der Waals surface area contributed by atoms with Crippen LogP contribution in [0.1, 0.15) is 54.4 Å². The molecule has 9 heteroatoms. The summed E-state index contributed by atoms with van der Waals surface area (Å²) in [6.45, 7) is 10.2. The molecule has 4 rings (SSSR count). The van der Waals surface area contributed by atoms with Crippen LogP contribution in [0.4, 0.5) is 0 Å². The summed E-state index contributed by atoms with van der Waals surface area (Å²) in [4.78, 5) is 50.0. The molecule has 0 unspecified atom stereocenters. The minimum absolute atomic E-state index is 0.123. The molecule has 2 heterocycles. The van der Waals surface area contributed by atoms with Crippen LogP contribution in [-0.4, -0.2) is 66.9 Å². The van der Waals surface area contributed by atoms with Gasteiger partial charge in [0.2, 0.25) is 0 Å². The molecule has 0 aromatic heterocycles. The number of carbonyl (C=O) groups excluding carboxylic acids is 4. The minimum Gasteiger partial charge on any atom is -0.465 e. The monoisotopic (exact) mass is 464 g/mol. The molecular formula is C24H32O9. The van der Waals surface area contributed by atoms with Gasteiger partial charge in [0.1, 0.15) is 24.4 Å². The first-order valence-corrected chi connectivity index (χ1v) is 11.4. The van der Waals surface area contributed by atoms with E-state index in [4.69, 9.17) is 23.7 Å². The number of Topliss-reactive ketones (excluding diaryl/α,β-unsaturated/α-hetero) is 1. The van der Waals surface area contributed by atoms with Gasteiger partial charge in [-0.15, -0.1) is 0 Å². The van der Waals surface area contributed by atoms with E-state index in [0.29, 0.717) is 0 Å². The summed E-state index contributed by atoms with van der Waals surface area (Å²) in [5, 5.41) is 0. The highest BCUT2D eigenvalue weighted by Crippen LogP contribution is 2.70. The van der Waals surface area contributed by atoms with Crippen molar-refractivity contribution < 1.29 is 42.9 Å². The topological polar surface area (TPSA) is 118 Å². The predicted molar refractivity (Wildman–Crippen MR) is 113 cm³/mol. The molecule has 0 aromatic carbocycles. The number of ketones is 1. The molecule has 0 amide bonds. The Kier molecular flexibility index (Phi) is 5.72. The van der Waals surface area contributed by atoms with E-state index in [1.54, 1.807) is 6.92 Å². The van der Waals surface area contributed by atoms with Gasteiger partial charge in [-0.25, -0.2) is 0 Å². The SMILES string of the molecule is CC(=O)OC[C@]12C[C@H](OC(=O)CC(C)C)C(C)=C[C@H]1O[C@@H]1[C@H](OC(C)=O)C(=O)[C@@]2(C)[C@]12CO2. The van der Waals surface area contributed by atoms with E-state index >= 15 is 0 Å². The van der Waals surface area contributed by atoms with Crippen LogP contribution < -0.4 is 0 Å². The summed E-state index contributed by atoms with van der Waals surface area (Å²) >= 11 is 0. The van der Waals surface area contributed by atoms with Gasteiger partial charge in [0.25, 0.3) is 0 Å². The smallest absolute Gasteiger partial charge is 0.306 e. The van der Waals surface area contributed by atoms with Gasteiger partial charge < -0.3 is 23.7 Å². The van der Waals surface area contributed by atoms with E-state index in [0.717, 1.165) is 5.57 Å². The van der Waals surface area contributed by atoms with Crippen molar-refractivity contribution in [2.45, 2.75) is 84.4 Å². The molecule has 2 saturated heterocycles. The highest BCUT2D eigenvalue weighted by Gasteiger charge is 2.86. The van der Waals surface area contributed by atoms with Crippen molar-refractivity contribution in [1.29, 1.82) is 0 Å². The highest BCUT2D eigenvalue weighted by atomic mass is 16.7. The Labute approximate surface area is 193 Å². The fourth-order valence-corrected chi connectivity index (χ4v) is 5.95. The Morgan fingerprint density at radius 1 is 1.18 bits per heavy atom. The standard InChI is InChI=1S/C24H32O9/c1-12(2)7-18(27)32-16-9-23(10-29-14(4)25)17(8-13(16)3)33-21-19(31-15(5)26)20(28)22(23,6)24(21)11-30-24/h8,12,16-17,19,21H,7,9-11H2,1-6H3/t16-,17+,19+,21+,22+,23+,24-/m0/s1. The Bertz CT molecular complexity index is 917. The first-order valence-electron chi connectivity index (χ1n) is 11.4. The van der Waals surface area contributed by atoms with Crippen LogP contribution in [0.2, 0.25) is 0 Å². The van der Waals surface area contributed by atoms with E-state index in [1.807, 2.05) is 26.8 Å². The number of epoxide rings is 1. The van der Waals surface area contributed by atoms with Gasteiger partial charge >= 0.3 is 17.9 Å². The van der Waals surface area contributed by atoms with Crippen molar-refractivity contribution in [3.05, 3.63) is 11.6 Å². The van der Waals surface area contributed by atoms with Crippen molar-refractivity contribution >= 4 is 23.7 Å². The molecule has 33 heavy (non-hydrogen) atoms. The number of fused-ring (bicyclic) bond motifs is 2. The van der Waals surface area contributed by atoms with Crippen LogP contribution in [0.5, 0.6) is 0 Å². The third kappa shape index (κ3) is 3.43. The van der Waals surface area contributed by atoms with Gasteiger partial charge in [0, 0.05) is 26.7 Å². The maximum absolute atomic E-state index is 13.9. The van der Waals surface area contributed by atoms with Crippen LogP contribution in [-0.2, 0) is 42.9 Å². The van der Waals surface area contributed by atoms with Crippen LogP contribution >= 0.6 is 0 Å². The van der Waals surface area contributed by atoms with Crippen LogP contribution in [0.3, 0.4) is 0 Å². The lowest BCUT2D eigenvalue weighted by Gasteiger charge is -2.56. The fraction of sp³-hybridized carbons (Fsp3) is 0.750. The van der Waals surface area contributed by atoms with Crippen molar-refractivity contribution in [2.75, 3.05) is 13.2 Å². The van der Waals surface area contributed by atoms with E-state index in [2.05, 4.69) is 0 Å². The number of carbonyl (C=O) groups is 4. The van der Waals surface area contributed by atoms with Crippen LogP contribution in [0.15, 0.2) is 11.6 Å². The van der Waals surface area contributed by atoms with Crippen LogP contribution in [0, 0.1) is 16.7 Å². The molecule has 2 aliphatic carbocycles. The molecule has 1 spiro atoms. The predicted octanol–water partition coefficient (Wildman–Crippen LogP) is 1.90. The third-order valence-corrected chi connectivity index (χ3v) is 7.77. The molecule has 9 nitrogen and oxygen atoms in total. The first-order chi connectivity index (χ1) is 15.4. The maximum Gasteiger partial charge on any atom is 0.306 e. The van der Waals surface area contributed by atoms with Crippen molar-refractivity contribution in [3.63, 3.8) is 0 Å². The van der Waals surface area contributed by atoms with Gasteiger partial charge in [0.15, 0.2) is 11.9 Å². The van der Waals surface area contributed by atoms with Crippen molar-refractivity contribution in [1.82, 2.24) is 0 Å². The second-order valence-corrected chi connectivity index (χ2v) is 10.3. The summed E-state index contributed by atoms with van der Waals surface area (Å²) in [5.74, 6) is -1.62. The lowest BCUT2D eigenvalue weighted by atomic mass is 9.51. The Hall–Kier alpha value is -2.26. The quantitative estimate of drug-likeness (QED) is 0.251. The highest BCUT2D eigenvalue weighted by molar-refractivity contribution is 5.97.